The van der Waals surface area contributed by atoms with Crippen LogP contribution in [0.1, 0.15) is 75.8 Å². The number of allylic oxidation sites excluding steroid dienone is 4. The molecule has 1 aromatic carbocycles. The number of ketones is 1. The van der Waals surface area contributed by atoms with Gasteiger partial charge in [0.15, 0.2) is 5.78 Å². The molecule has 0 aliphatic heterocycles. The molecule has 204 valence electrons. The molecule has 2 saturated carbocycles. The van der Waals surface area contributed by atoms with Gasteiger partial charge in [-0.05, 0) is 85.6 Å². The number of ether oxygens (including phenoxy) is 3. The number of benzene rings is 1. The quantitative estimate of drug-likeness (QED) is 0.186. The van der Waals surface area contributed by atoms with E-state index in [9.17, 15) is 9.59 Å². The fourth-order valence-electron chi connectivity index (χ4n) is 7.99. The van der Waals surface area contributed by atoms with E-state index in [1.807, 2.05) is 25.3 Å². The summed E-state index contributed by atoms with van der Waals surface area (Å²) in [5.41, 5.74) is 6.00. The van der Waals surface area contributed by atoms with Gasteiger partial charge < -0.3 is 14.2 Å². The van der Waals surface area contributed by atoms with Crippen molar-refractivity contribution in [2.75, 3.05) is 27.4 Å². The molecule has 7 nitrogen and oxygen atoms in total. The van der Waals surface area contributed by atoms with E-state index in [0.717, 1.165) is 44.1 Å². The van der Waals surface area contributed by atoms with E-state index in [-0.39, 0.29) is 29.3 Å². The molecule has 0 amide bonds. The minimum absolute atomic E-state index is 0.0313. The average Bonchev–Trinajstić information content (AvgIpc) is 3.20. The van der Waals surface area contributed by atoms with Gasteiger partial charge in [0, 0.05) is 32.0 Å². The third kappa shape index (κ3) is 4.54. The van der Waals surface area contributed by atoms with E-state index in [1.54, 1.807) is 19.6 Å². The minimum Gasteiger partial charge on any atom is -0.433 e. The first-order valence-corrected chi connectivity index (χ1v) is 13.8. The SMILES string of the molecule is CCOC(=O)ON=Cc1ccc([C@H]2C[C@@]3(C)[C@@H](CC[C@]3(COC)OC)[C@@H]3CCC4=CC(=O)CCC4=C32)cc1. The largest absolute Gasteiger partial charge is 0.535 e. The molecular weight excluding hydrogens is 482 g/mol. The van der Waals surface area contributed by atoms with Crippen LogP contribution in [0.4, 0.5) is 4.79 Å². The number of methoxy groups -OCH3 is 2. The monoisotopic (exact) mass is 521 g/mol. The zero-order chi connectivity index (χ0) is 26.9. The minimum atomic E-state index is -0.814. The molecule has 0 saturated heterocycles. The van der Waals surface area contributed by atoms with Crippen LogP contribution < -0.4 is 0 Å². The lowest BCUT2D eigenvalue weighted by atomic mass is 9.51. The molecule has 0 heterocycles. The molecule has 0 unspecified atom stereocenters. The Labute approximate surface area is 225 Å². The molecule has 7 heteroatoms. The predicted molar refractivity (Wildman–Crippen MR) is 144 cm³/mol. The van der Waals surface area contributed by atoms with Crippen molar-refractivity contribution >= 4 is 18.2 Å². The Bertz CT molecular complexity index is 1170. The lowest BCUT2D eigenvalue weighted by Crippen LogP contribution is -2.54. The van der Waals surface area contributed by atoms with E-state index < -0.39 is 6.16 Å². The zero-order valence-electron chi connectivity index (χ0n) is 23.0. The number of oxime groups is 1. The van der Waals surface area contributed by atoms with Crippen molar-refractivity contribution in [3.05, 3.63) is 58.2 Å². The third-order valence-corrected chi connectivity index (χ3v) is 9.72. The molecule has 2 fully saturated rings. The van der Waals surface area contributed by atoms with E-state index in [2.05, 4.69) is 24.2 Å². The second kappa shape index (κ2) is 10.8. The number of hydrogen-bond acceptors (Lipinski definition) is 7. The van der Waals surface area contributed by atoms with Crippen LogP contribution in [0.15, 0.2) is 52.2 Å². The van der Waals surface area contributed by atoms with Gasteiger partial charge in [-0.1, -0.05) is 41.9 Å². The summed E-state index contributed by atoms with van der Waals surface area (Å²) in [7, 11) is 3.62. The number of nitrogens with zero attached hydrogens (tertiary/aromatic N) is 1. The van der Waals surface area contributed by atoms with Gasteiger partial charge in [0.1, 0.15) is 0 Å². The fourth-order valence-corrected chi connectivity index (χ4v) is 7.99. The van der Waals surface area contributed by atoms with Crippen LogP contribution in [-0.2, 0) is 23.8 Å². The normalized spacial score (nSPS) is 32.5. The summed E-state index contributed by atoms with van der Waals surface area (Å²) < 4.78 is 16.8. The Kier molecular flexibility index (Phi) is 7.60. The van der Waals surface area contributed by atoms with Crippen molar-refractivity contribution in [3.8, 4) is 0 Å². The molecule has 0 spiro atoms. The van der Waals surface area contributed by atoms with Crippen molar-refractivity contribution in [2.45, 2.75) is 70.3 Å². The van der Waals surface area contributed by atoms with Gasteiger partial charge in [-0.2, -0.15) is 0 Å². The maximum absolute atomic E-state index is 12.3. The van der Waals surface area contributed by atoms with E-state index in [1.165, 1.54) is 22.9 Å². The van der Waals surface area contributed by atoms with Gasteiger partial charge >= 0.3 is 6.16 Å². The Morgan fingerprint density at radius 3 is 2.63 bits per heavy atom. The van der Waals surface area contributed by atoms with Crippen LogP contribution in [0.2, 0.25) is 0 Å². The fraction of sp³-hybridized carbons (Fsp3) is 0.581. The molecule has 0 radical (unpaired) electrons. The van der Waals surface area contributed by atoms with Crippen LogP contribution in [0.25, 0.3) is 0 Å². The van der Waals surface area contributed by atoms with Crippen molar-refractivity contribution in [2.24, 2.45) is 22.4 Å². The third-order valence-electron chi connectivity index (χ3n) is 9.72. The van der Waals surface area contributed by atoms with Crippen molar-refractivity contribution in [3.63, 3.8) is 0 Å². The molecular formula is C31H39NO6. The van der Waals surface area contributed by atoms with Gasteiger partial charge in [-0.25, -0.2) is 4.79 Å². The second-order valence-electron chi connectivity index (χ2n) is 11.3. The van der Waals surface area contributed by atoms with Crippen LogP contribution in [0.5, 0.6) is 0 Å². The molecule has 5 rings (SSSR count). The number of carbonyl (C=O) groups excluding carboxylic acids is 2. The van der Waals surface area contributed by atoms with E-state index in [0.29, 0.717) is 24.9 Å². The first kappa shape index (κ1) is 26.8. The molecule has 0 N–H and O–H groups in total. The number of rotatable bonds is 7. The molecule has 4 aliphatic rings. The van der Waals surface area contributed by atoms with Gasteiger partial charge in [0.2, 0.25) is 0 Å². The highest BCUT2D eigenvalue weighted by molar-refractivity contribution is 5.93. The second-order valence-corrected chi connectivity index (χ2v) is 11.3. The van der Waals surface area contributed by atoms with Crippen LogP contribution in [0, 0.1) is 17.3 Å². The Morgan fingerprint density at radius 1 is 1.13 bits per heavy atom. The maximum Gasteiger partial charge on any atom is 0.535 e. The number of hydrogen-bond donors (Lipinski definition) is 0. The van der Waals surface area contributed by atoms with E-state index >= 15 is 0 Å². The summed E-state index contributed by atoms with van der Waals surface area (Å²) in [5, 5.41) is 3.76. The van der Waals surface area contributed by atoms with E-state index in [4.69, 9.17) is 19.0 Å². The van der Waals surface area contributed by atoms with Crippen molar-refractivity contribution < 1.29 is 28.6 Å². The van der Waals surface area contributed by atoms with Crippen LogP contribution in [-0.4, -0.2) is 51.2 Å². The van der Waals surface area contributed by atoms with Gasteiger partial charge in [-0.15, -0.1) is 0 Å². The lowest BCUT2D eigenvalue weighted by molar-refractivity contribution is -0.149. The standard InChI is InChI=1S/C31H39NO6/c1-5-37-29(34)38-32-18-20-6-8-21(9-7-20)26-17-30(2)27(14-15-31(30,36-4)19-35-3)25-12-10-22-16-23(33)11-13-24(22)28(25)26/h6-9,16,18,25-27H,5,10-15,17,19H2,1-4H3/t25-,26+,27-,30-,31+/m0/s1. The average molecular weight is 522 g/mol. The van der Waals surface area contributed by atoms with Crippen LogP contribution in [0.3, 0.4) is 0 Å². The molecule has 4 aliphatic carbocycles. The highest BCUT2D eigenvalue weighted by Gasteiger charge is 2.63. The number of carbonyl (C=O) groups is 2. The lowest BCUT2D eigenvalue weighted by Gasteiger charge is -2.55. The van der Waals surface area contributed by atoms with Crippen molar-refractivity contribution in [1.29, 1.82) is 0 Å². The smallest absolute Gasteiger partial charge is 0.433 e. The topological polar surface area (TPSA) is 83.4 Å². The molecule has 38 heavy (non-hydrogen) atoms. The highest BCUT2D eigenvalue weighted by Crippen LogP contribution is 2.67. The highest BCUT2D eigenvalue weighted by atomic mass is 16.8. The summed E-state index contributed by atoms with van der Waals surface area (Å²) in [5.74, 6) is 1.50. The summed E-state index contributed by atoms with van der Waals surface area (Å²) in [6.45, 7) is 4.97. The van der Waals surface area contributed by atoms with Crippen LogP contribution >= 0.6 is 0 Å². The predicted octanol–water partition coefficient (Wildman–Crippen LogP) is 6.12. The Morgan fingerprint density at radius 2 is 1.92 bits per heavy atom. The first-order valence-electron chi connectivity index (χ1n) is 13.8. The van der Waals surface area contributed by atoms with Gasteiger partial charge in [0.05, 0.1) is 25.0 Å². The summed E-state index contributed by atoms with van der Waals surface area (Å²) >= 11 is 0. The Hall–Kier alpha value is -2.77. The number of fused-ring (bicyclic) bond motifs is 4. The van der Waals surface area contributed by atoms with Gasteiger partial charge in [-0.3, -0.25) is 9.63 Å². The maximum atomic E-state index is 12.3. The molecule has 0 aromatic heterocycles. The summed E-state index contributed by atoms with van der Waals surface area (Å²) in [6.07, 6.45) is 9.24. The van der Waals surface area contributed by atoms with Gasteiger partial charge in [0.25, 0.3) is 0 Å². The summed E-state index contributed by atoms with van der Waals surface area (Å²) in [4.78, 5) is 28.4. The molecule has 1 aromatic rings. The Balaban J connectivity index is 1.52. The first-order chi connectivity index (χ1) is 18.4. The van der Waals surface area contributed by atoms with Crippen molar-refractivity contribution in [1.82, 2.24) is 0 Å². The molecule has 5 atom stereocenters. The summed E-state index contributed by atoms with van der Waals surface area (Å²) in [6, 6.07) is 8.35. The zero-order valence-corrected chi connectivity index (χ0v) is 23.0. The molecule has 0 bridgehead atoms.